The molecule has 29 heavy (non-hydrogen) atoms. The Kier molecular flexibility index (Phi) is 4.13. The van der Waals surface area contributed by atoms with Crippen molar-refractivity contribution in [2.45, 2.75) is 32.2 Å². The summed E-state index contributed by atoms with van der Waals surface area (Å²) in [6.45, 7) is 4.46. The van der Waals surface area contributed by atoms with E-state index in [2.05, 4.69) is 38.1 Å². The number of anilines is 1. The van der Waals surface area contributed by atoms with E-state index in [4.69, 9.17) is 5.10 Å². The lowest BCUT2D eigenvalue weighted by Crippen LogP contribution is -2.42. The molecule has 0 N–H and O–H groups in total. The van der Waals surface area contributed by atoms with E-state index in [0.29, 0.717) is 12.3 Å². The highest BCUT2D eigenvalue weighted by Gasteiger charge is 2.56. The molecule has 3 aromatic rings. The Bertz CT molecular complexity index is 1100. The normalized spacial score (nSPS) is 20.0. The molecule has 0 fully saturated rings. The molecule has 0 aromatic heterocycles. The quantitative estimate of drug-likeness (QED) is 0.591. The highest BCUT2D eigenvalue weighted by Crippen LogP contribution is 2.50. The number of rotatable bonds is 4. The fraction of sp³-hybridized carbons (Fsp3) is 0.231. The van der Waals surface area contributed by atoms with Gasteiger partial charge in [-0.2, -0.15) is 5.10 Å². The molecule has 0 amide bonds. The number of carbonyl (C=O) groups is 1. The van der Waals surface area contributed by atoms with Crippen LogP contribution in [0, 0.1) is 5.92 Å². The molecule has 0 bridgehead atoms. The van der Waals surface area contributed by atoms with Gasteiger partial charge in [-0.1, -0.05) is 80.6 Å². The Morgan fingerprint density at radius 3 is 2.34 bits per heavy atom. The van der Waals surface area contributed by atoms with Gasteiger partial charge in [0.1, 0.15) is 0 Å². The number of benzene rings is 3. The zero-order valence-electron chi connectivity index (χ0n) is 16.8. The summed E-state index contributed by atoms with van der Waals surface area (Å²) in [5.41, 5.74) is 5.26. The summed E-state index contributed by atoms with van der Waals surface area (Å²) < 4.78 is 0. The van der Waals surface area contributed by atoms with Gasteiger partial charge in [-0.3, -0.25) is 4.79 Å². The van der Waals surface area contributed by atoms with Gasteiger partial charge in [0.05, 0.1) is 11.4 Å². The number of para-hydroxylation sites is 1. The van der Waals surface area contributed by atoms with Crippen molar-refractivity contribution in [1.82, 2.24) is 0 Å². The minimum Gasteiger partial charge on any atom is -0.291 e. The largest absolute Gasteiger partial charge is 0.291 e. The summed E-state index contributed by atoms with van der Waals surface area (Å²) >= 11 is 0. The molecule has 0 saturated carbocycles. The number of hydrogen-bond acceptors (Lipinski definition) is 3. The second kappa shape index (κ2) is 6.70. The monoisotopic (exact) mass is 380 g/mol. The number of carbonyl (C=O) groups excluding carboxylic acids is 1. The zero-order valence-corrected chi connectivity index (χ0v) is 16.8. The number of nitrogens with zero attached hydrogens (tertiary/aromatic N) is 2. The highest BCUT2D eigenvalue weighted by molar-refractivity contribution is 6.20. The van der Waals surface area contributed by atoms with Crippen LogP contribution < -0.4 is 5.01 Å². The molecule has 2 aliphatic rings. The van der Waals surface area contributed by atoms with Gasteiger partial charge < -0.3 is 0 Å². The average Bonchev–Trinajstić information content (AvgIpc) is 3.25. The van der Waals surface area contributed by atoms with E-state index in [1.807, 2.05) is 59.6 Å². The molecule has 144 valence electrons. The van der Waals surface area contributed by atoms with Crippen LogP contribution in [0.5, 0.6) is 0 Å². The van der Waals surface area contributed by atoms with Crippen molar-refractivity contribution in [3.8, 4) is 0 Å². The number of hydrogen-bond donors (Lipinski definition) is 0. The van der Waals surface area contributed by atoms with Gasteiger partial charge >= 0.3 is 0 Å². The first-order valence-electron chi connectivity index (χ1n) is 10.3. The third-order valence-corrected chi connectivity index (χ3v) is 5.94. The molecule has 3 aromatic carbocycles. The van der Waals surface area contributed by atoms with Crippen LogP contribution in [0.3, 0.4) is 0 Å². The maximum absolute atomic E-state index is 13.6. The van der Waals surface area contributed by atoms with Crippen LogP contribution in [-0.4, -0.2) is 11.5 Å². The predicted molar refractivity (Wildman–Crippen MR) is 118 cm³/mol. The number of fused-ring (bicyclic) bond motifs is 3. The summed E-state index contributed by atoms with van der Waals surface area (Å²) in [7, 11) is 0. The smallest absolute Gasteiger partial charge is 0.197 e. The van der Waals surface area contributed by atoms with Gasteiger partial charge in [-0.25, -0.2) is 5.01 Å². The Morgan fingerprint density at radius 2 is 1.62 bits per heavy atom. The van der Waals surface area contributed by atoms with Gasteiger partial charge in [0.25, 0.3) is 0 Å². The third kappa shape index (κ3) is 2.72. The van der Waals surface area contributed by atoms with Crippen molar-refractivity contribution in [2.75, 3.05) is 5.01 Å². The first-order chi connectivity index (χ1) is 14.1. The fourth-order valence-electron chi connectivity index (χ4n) is 4.60. The standard InChI is InChI=1S/C26H24N2O/c1-18(2)16-19-12-14-20(15-13-19)23-17-26(21-8-4-3-5-9-21)25(29)22-10-6-7-11-24(22)28(26)27-23/h3-15,18H,16-17H2,1-2H3. The van der Waals surface area contributed by atoms with Crippen LogP contribution in [0.1, 0.15) is 47.3 Å². The Balaban J connectivity index is 1.59. The zero-order chi connectivity index (χ0) is 20.0. The molecule has 1 atom stereocenters. The van der Waals surface area contributed by atoms with Gasteiger partial charge in [-0.15, -0.1) is 0 Å². The first kappa shape index (κ1) is 17.9. The molecule has 2 heterocycles. The van der Waals surface area contributed by atoms with Crippen LogP contribution in [0.25, 0.3) is 0 Å². The number of Topliss-reactive ketones (excluding diaryl/α,β-unsaturated/α-hetero) is 1. The van der Waals surface area contributed by atoms with Crippen molar-refractivity contribution in [3.05, 3.63) is 101 Å². The Morgan fingerprint density at radius 1 is 0.931 bits per heavy atom. The van der Waals surface area contributed by atoms with Crippen LogP contribution in [0.4, 0.5) is 5.69 Å². The molecule has 0 spiro atoms. The van der Waals surface area contributed by atoms with E-state index in [-0.39, 0.29) is 5.78 Å². The summed E-state index contributed by atoms with van der Waals surface area (Å²) in [5, 5.41) is 6.94. The van der Waals surface area contributed by atoms with Gasteiger partial charge in [0.2, 0.25) is 0 Å². The number of hydrazone groups is 1. The molecule has 0 saturated heterocycles. The third-order valence-electron chi connectivity index (χ3n) is 5.94. The summed E-state index contributed by atoms with van der Waals surface area (Å²) in [6, 6.07) is 26.5. The second-order valence-electron chi connectivity index (χ2n) is 8.40. The topological polar surface area (TPSA) is 32.7 Å². The molecule has 3 heteroatoms. The number of ketones is 1. The van der Waals surface area contributed by atoms with Crippen molar-refractivity contribution in [2.24, 2.45) is 11.0 Å². The van der Waals surface area contributed by atoms with Crippen molar-refractivity contribution in [3.63, 3.8) is 0 Å². The summed E-state index contributed by atoms with van der Waals surface area (Å²) in [4.78, 5) is 13.6. The molecule has 0 aliphatic carbocycles. The maximum atomic E-state index is 13.6. The van der Waals surface area contributed by atoms with E-state index in [1.54, 1.807) is 0 Å². The predicted octanol–water partition coefficient (Wildman–Crippen LogP) is 5.59. The van der Waals surface area contributed by atoms with Gasteiger partial charge in [0.15, 0.2) is 11.3 Å². The lowest BCUT2D eigenvalue weighted by molar-refractivity contribution is 0.0908. The molecular weight excluding hydrogens is 356 g/mol. The van der Waals surface area contributed by atoms with E-state index in [9.17, 15) is 4.79 Å². The SMILES string of the molecule is CC(C)Cc1ccc(C2=NN3c4ccccc4C(=O)C3(c3ccccc3)C2)cc1. The van der Waals surface area contributed by atoms with Crippen LogP contribution in [0.2, 0.25) is 0 Å². The molecule has 1 unspecified atom stereocenters. The molecule has 0 radical (unpaired) electrons. The molecule has 2 aliphatic heterocycles. The molecule has 5 rings (SSSR count). The van der Waals surface area contributed by atoms with E-state index < -0.39 is 5.54 Å². The first-order valence-corrected chi connectivity index (χ1v) is 10.3. The van der Waals surface area contributed by atoms with E-state index in [0.717, 1.165) is 34.5 Å². The van der Waals surface area contributed by atoms with Crippen LogP contribution >= 0.6 is 0 Å². The van der Waals surface area contributed by atoms with Crippen LogP contribution in [0.15, 0.2) is 84.0 Å². The lowest BCUT2D eigenvalue weighted by atomic mass is 9.81. The minimum absolute atomic E-state index is 0.134. The summed E-state index contributed by atoms with van der Waals surface area (Å²) in [5.74, 6) is 0.764. The lowest BCUT2D eigenvalue weighted by Gasteiger charge is -2.30. The maximum Gasteiger partial charge on any atom is 0.197 e. The van der Waals surface area contributed by atoms with Crippen molar-refractivity contribution in [1.29, 1.82) is 0 Å². The van der Waals surface area contributed by atoms with Gasteiger partial charge in [0, 0.05) is 12.0 Å². The van der Waals surface area contributed by atoms with Gasteiger partial charge in [-0.05, 0) is 41.2 Å². The summed E-state index contributed by atoms with van der Waals surface area (Å²) in [6.07, 6.45) is 1.65. The van der Waals surface area contributed by atoms with Crippen molar-refractivity contribution < 1.29 is 4.79 Å². The van der Waals surface area contributed by atoms with Crippen molar-refractivity contribution >= 4 is 17.2 Å². The van der Waals surface area contributed by atoms with E-state index in [1.165, 1.54) is 5.56 Å². The minimum atomic E-state index is -0.781. The molecular formula is C26H24N2O. The Hall–Kier alpha value is -3.20. The second-order valence-corrected chi connectivity index (χ2v) is 8.40. The Labute approximate surface area is 171 Å². The van der Waals surface area contributed by atoms with Crippen LogP contribution in [-0.2, 0) is 12.0 Å². The highest BCUT2D eigenvalue weighted by atomic mass is 16.1. The fourth-order valence-corrected chi connectivity index (χ4v) is 4.60. The molecule has 3 nitrogen and oxygen atoms in total. The van der Waals surface area contributed by atoms with E-state index >= 15 is 0 Å². The average molecular weight is 380 g/mol.